The highest BCUT2D eigenvalue weighted by Crippen LogP contribution is 2.67. The second-order valence-corrected chi connectivity index (χ2v) is 11.7. The molecule has 7 atom stereocenters. The van der Waals surface area contributed by atoms with Crippen LogP contribution < -0.4 is 0 Å². The van der Waals surface area contributed by atoms with Crippen LogP contribution in [0.1, 0.15) is 147 Å². The number of ether oxygens (including phenoxy) is 1. The van der Waals surface area contributed by atoms with Gasteiger partial charge in [0.2, 0.25) is 0 Å². The molecule has 0 radical (unpaired) electrons. The minimum absolute atomic E-state index is 0.00691. The molecule has 0 heterocycles. The van der Waals surface area contributed by atoms with Gasteiger partial charge in [0.25, 0.3) is 0 Å². The third-order valence-corrected chi connectivity index (χ3v) is 10.6. The van der Waals surface area contributed by atoms with Crippen molar-refractivity contribution in [3.63, 3.8) is 0 Å². The van der Waals surface area contributed by atoms with Crippen LogP contribution in [0.4, 0.5) is 0 Å². The van der Waals surface area contributed by atoms with Crippen molar-refractivity contribution in [1.82, 2.24) is 0 Å². The first-order valence-electron chi connectivity index (χ1n) is 16.3. The Hall–Kier alpha value is -1.05. The molecular weight excluding hydrogens is 452 g/mol. The predicted octanol–water partition coefficient (Wildman–Crippen LogP) is 11.0. The number of carbonyl (C=O) groups is 1. The minimum Gasteiger partial charge on any atom is -0.466 e. The van der Waals surface area contributed by atoms with Gasteiger partial charge in [0.05, 0.1) is 6.61 Å². The van der Waals surface area contributed by atoms with Gasteiger partial charge in [-0.25, -0.2) is 0 Å². The van der Waals surface area contributed by atoms with Gasteiger partial charge in [-0.3, -0.25) is 4.79 Å². The summed E-state index contributed by atoms with van der Waals surface area (Å²) < 4.78 is 5.15. The Labute approximate surface area is 232 Å². The Morgan fingerprint density at radius 2 is 1.68 bits per heavy atom. The SMILES string of the molecule is C/C=C(/C)C1CCC2(C)C(=CCC3C2CCC2(C)C(CCCC(=O)OCC)CCC32)C1.CC.CC.CC. The minimum atomic E-state index is -0.00691. The van der Waals surface area contributed by atoms with Crippen molar-refractivity contribution in [2.24, 2.45) is 40.4 Å². The summed E-state index contributed by atoms with van der Waals surface area (Å²) in [5.74, 6) is 4.26. The molecular formula is C35H64O2. The zero-order valence-electron chi connectivity index (χ0n) is 26.8. The molecule has 3 fully saturated rings. The molecule has 2 nitrogen and oxygen atoms in total. The Balaban J connectivity index is 0.00000106. The molecule has 37 heavy (non-hydrogen) atoms. The van der Waals surface area contributed by atoms with Gasteiger partial charge in [0.15, 0.2) is 0 Å². The zero-order chi connectivity index (χ0) is 28.2. The highest BCUT2D eigenvalue weighted by atomic mass is 16.5. The number of carbonyl (C=O) groups excluding carboxylic acids is 1. The molecule has 0 aromatic carbocycles. The maximum Gasteiger partial charge on any atom is 0.305 e. The van der Waals surface area contributed by atoms with Gasteiger partial charge in [-0.1, -0.05) is 78.7 Å². The lowest BCUT2D eigenvalue weighted by Crippen LogP contribution is -2.50. The summed E-state index contributed by atoms with van der Waals surface area (Å²) in [6.45, 7) is 24.2. The molecule has 4 aliphatic carbocycles. The topological polar surface area (TPSA) is 26.3 Å². The van der Waals surface area contributed by atoms with E-state index in [1.807, 2.05) is 48.5 Å². The molecule has 4 aliphatic rings. The fraction of sp³-hybridized carbons (Fsp3) is 0.857. The number of esters is 1. The van der Waals surface area contributed by atoms with E-state index < -0.39 is 0 Å². The Kier molecular flexibility index (Phi) is 14.8. The maximum atomic E-state index is 11.8. The van der Waals surface area contributed by atoms with Crippen LogP contribution in [0, 0.1) is 40.4 Å². The number of hydrogen-bond donors (Lipinski definition) is 0. The smallest absolute Gasteiger partial charge is 0.305 e. The first kappa shape index (κ1) is 34.0. The fourth-order valence-corrected chi connectivity index (χ4v) is 8.59. The van der Waals surface area contributed by atoms with Crippen molar-refractivity contribution in [1.29, 1.82) is 0 Å². The van der Waals surface area contributed by atoms with Gasteiger partial charge in [0, 0.05) is 6.42 Å². The van der Waals surface area contributed by atoms with Gasteiger partial charge < -0.3 is 4.74 Å². The van der Waals surface area contributed by atoms with E-state index in [1.54, 1.807) is 11.1 Å². The molecule has 0 amide bonds. The zero-order valence-corrected chi connectivity index (χ0v) is 26.8. The van der Waals surface area contributed by atoms with Crippen LogP contribution in [0.25, 0.3) is 0 Å². The molecule has 7 unspecified atom stereocenters. The van der Waals surface area contributed by atoms with E-state index in [9.17, 15) is 4.79 Å². The summed E-state index contributed by atoms with van der Waals surface area (Å²) in [6.07, 6.45) is 18.9. The number of allylic oxidation sites excluding steroid dienone is 4. The van der Waals surface area contributed by atoms with Gasteiger partial charge in [-0.05, 0) is 125 Å². The molecule has 3 saturated carbocycles. The molecule has 0 aliphatic heterocycles. The van der Waals surface area contributed by atoms with Crippen molar-refractivity contribution >= 4 is 5.97 Å². The average molecular weight is 517 g/mol. The van der Waals surface area contributed by atoms with Crippen LogP contribution in [-0.2, 0) is 9.53 Å². The van der Waals surface area contributed by atoms with Crippen molar-refractivity contribution in [3.05, 3.63) is 23.3 Å². The lowest BCUT2D eigenvalue weighted by Gasteiger charge is -2.58. The largest absolute Gasteiger partial charge is 0.466 e. The summed E-state index contributed by atoms with van der Waals surface area (Å²) in [6, 6.07) is 0. The van der Waals surface area contributed by atoms with Gasteiger partial charge in [0.1, 0.15) is 0 Å². The molecule has 2 heteroatoms. The molecule has 0 aromatic heterocycles. The predicted molar refractivity (Wildman–Crippen MR) is 163 cm³/mol. The van der Waals surface area contributed by atoms with Crippen LogP contribution in [0.3, 0.4) is 0 Å². The van der Waals surface area contributed by atoms with Gasteiger partial charge in [-0.2, -0.15) is 0 Å². The van der Waals surface area contributed by atoms with E-state index in [4.69, 9.17) is 4.74 Å². The van der Waals surface area contributed by atoms with Crippen molar-refractivity contribution in [2.75, 3.05) is 6.61 Å². The molecule has 0 bridgehead atoms. The van der Waals surface area contributed by atoms with E-state index in [0.29, 0.717) is 23.9 Å². The quantitative estimate of drug-likeness (QED) is 0.259. The monoisotopic (exact) mass is 516 g/mol. The van der Waals surface area contributed by atoms with Crippen molar-refractivity contribution in [2.45, 2.75) is 147 Å². The number of hydrogen-bond acceptors (Lipinski definition) is 2. The summed E-state index contributed by atoms with van der Waals surface area (Å²) in [4.78, 5) is 11.8. The van der Waals surface area contributed by atoms with Crippen LogP contribution >= 0.6 is 0 Å². The fourth-order valence-electron chi connectivity index (χ4n) is 8.59. The van der Waals surface area contributed by atoms with Gasteiger partial charge in [-0.15, -0.1) is 0 Å². The molecule has 0 aromatic rings. The summed E-state index contributed by atoms with van der Waals surface area (Å²) >= 11 is 0. The lowest BCUT2D eigenvalue weighted by atomic mass is 9.46. The second-order valence-electron chi connectivity index (χ2n) is 11.7. The Morgan fingerprint density at radius 1 is 1.00 bits per heavy atom. The van der Waals surface area contributed by atoms with E-state index in [0.717, 1.165) is 36.0 Å². The van der Waals surface area contributed by atoms with Crippen molar-refractivity contribution in [3.8, 4) is 0 Å². The van der Waals surface area contributed by atoms with E-state index in [-0.39, 0.29) is 5.97 Å². The molecule has 216 valence electrons. The third-order valence-electron chi connectivity index (χ3n) is 10.6. The summed E-state index contributed by atoms with van der Waals surface area (Å²) in [5, 5.41) is 0. The van der Waals surface area contributed by atoms with Crippen LogP contribution in [0.5, 0.6) is 0 Å². The van der Waals surface area contributed by atoms with Crippen LogP contribution in [0.2, 0.25) is 0 Å². The Morgan fingerprint density at radius 3 is 2.30 bits per heavy atom. The number of fused-ring (bicyclic) bond motifs is 5. The molecule has 0 N–H and O–H groups in total. The standard InChI is InChI=1S/C29H46O2.3C2H6/c1-6-20(3)21-15-17-29(5)23(19-21)11-13-24-25-14-12-22(9-8-10-27(30)31-7-2)28(25,4)18-16-26(24)29;3*1-2/h6,11,21-22,24-26H,7-10,12-19H2,1-5H3;3*1-2H3/b20-6-;;;. The lowest BCUT2D eigenvalue weighted by molar-refractivity contribution is -0.143. The van der Waals surface area contributed by atoms with E-state index >= 15 is 0 Å². The summed E-state index contributed by atoms with van der Waals surface area (Å²) in [7, 11) is 0. The van der Waals surface area contributed by atoms with E-state index in [2.05, 4.69) is 39.8 Å². The van der Waals surface area contributed by atoms with Crippen molar-refractivity contribution < 1.29 is 9.53 Å². The van der Waals surface area contributed by atoms with Crippen LogP contribution in [-0.4, -0.2) is 12.6 Å². The summed E-state index contributed by atoms with van der Waals surface area (Å²) in [5.41, 5.74) is 4.36. The highest BCUT2D eigenvalue weighted by molar-refractivity contribution is 5.69. The number of rotatable bonds is 6. The second kappa shape index (κ2) is 16.1. The first-order chi connectivity index (χ1) is 17.8. The average Bonchev–Trinajstić information content (AvgIpc) is 3.27. The molecule has 4 rings (SSSR count). The first-order valence-corrected chi connectivity index (χ1v) is 16.3. The highest BCUT2D eigenvalue weighted by Gasteiger charge is 2.58. The normalized spacial score (nSPS) is 35.9. The van der Waals surface area contributed by atoms with E-state index in [1.165, 1.54) is 57.8 Å². The van der Waals surface area contributed by atoms with Gasteiger partial charge >= 0.3 is 5.97 Å². The Bertz CT molecular complexity index is 734. The van der Waals surface area contributed by atoms with Crippen LogP contribution in [0.15, 0.2) is 23.3 Å². The maximum absolute atomic E-state index is 11.8. The third kappa shape index (κ3) is 7.33. The molecule has 0 saturated heterocycles. The molecule has 0 spiro atoms.